The lowest BCUT2D eigenvalue weighted by Gasteiger charge is -2.21. The minimum absolute atomic E-state index is 0. The van der Waals surface area contributed by atoms with E-state index in [4.69, 9.17) is 4.74 Å². The maximum atomic E-state index is 11.6. The Kier molecular flexibility index (Phi) is 6.77. The number of carbonyl (C=O) groups excluding carboxylic acids is 2. The highest BCUT2D eigenvalue weighted by molar-refractivity contribution is 5.83. The van der Waals surface area contributed by atoms with Gasteiger partial charge < -0.3 is 9.64 Å². The van der Waals surface area contributed by atoms with Crippen LogP contribution in [-0.4, -0.2) is 36.0 Å². The molecule has 0 N–H and O–H groups in total. The van der Waals surface area contributed by atoms with Crippen molar-refractivity contribution >= 4 is 11.9 Å². The van der Waals surface area contributed by atoms with E-state index in [0.717, 1.165) is 25.7 Å². The van der Waals surface area contributed by atoms with Crippen LogP contribution >= 0.6 is 0 Å². The van der Waals surface area contributed by atoms with E-state index in [0.29, 0.717) is 13.2 Å². The standard InChI is InChI=1S/C11H19NO3.CH4/c1-3-4-8-15-11(14)10-6-5-7-12(10)9(2)13;/h10H,3-8H2,1-2H3;1H4/t10-;/m0./s1. The third-order valence-electron chi connectivity index (χ3n) is 2.67. The molecule has 0 aliphatic carbocycles. The molecule has 1 aliphatic heterocycles. The van der Waals surface area contributed by atoms with Crippen LogP contribution in [0.5, 0.6) is 0 Å². The molecule has 0 aromatic heterocycles. The van der Waals surface area contributed by atoms with E-state index in [9.17, 15) is 9.59 Å². The van der Waals surface area contributed by atoms with Gasteiger partial charge in [0.2, 0.25) is 5.91 Å². The van der Waals surface area contributed by atoms with Gasteiger partial charge in [0, 0.05) is 13.5 Å². The first kappa shape index (κ1) is 14.9. The zero-order chi connectivity index (χ0) is 11.3. The summed E-state index contributed by atoms with van der Waals surface area (Å²) < 4.78 is 5.11. The van der Waals surface area contributed by atoms with Crippen molar-refractivity contribution in [2.75, 3.05) is 13.2 Å². The minimum atomic E-state index is -0.334. The molecule has 0 aromatic carbocycles. The first-order valence-electron chi connectivity index (χ1n) is 5.60. The summed E-state index contributed by atoms with van der Waals surface area (Å²) in [5.41, 5.74) is 0. The van der Waals surface area contributed by atoms with Gasteiger partial charge in [-0.25, -0.2) is 4.79 Å². The maximum absolute atomic E-state index is 11.6. The quantitative estimate of drug-likeness (QED) is 0.547. The van der Waals surface area contributed by atoms with E-state index in [-0.39, 0.29) is 25.3 Å². The van der Waals surface area contributed by atoms with Gasteiger partial charge in [0.25, 0.3) is 0 Å². The fraction of sp³-hybridized carbons (Fsp3) is 0.833. The molecule has 0 spiro atoms. The molecule has 4 heteroatoms. The molecule has 0 aromatic rings. The zero-order valence-electron chi connectivity index (χ0n) is 9.49. The molecule has 1 fully saturated rings. The van der Waals surface area contributed by atoms with Crippen molar-refractivity contribution in [3.63, 3.8) is 0 Å². The molecular formula is C12H23NO3. The predicted octanol–water partition coefficient (Wildman–Crippen LogP) is 1.98. The molecule has 0 bridgehead atoms. The molecule has 0 unspecified atom stereocenters. The lowest BCUT2D eigenvalue weighted by atomic mass is 10.2. The number of hydrogen-bond acceptors (Lipinski definition) is 3. The van der Waals surface area contributed by atoms with Gasteiger partial charge in [0.15, 0.2) is 0 Å². The number of nitrogens with zero attached hydrogens (tertiary/aromatic N) is 1. The van der Waals surface area contributed by atoms with Gasteiger partial charge in [-0.15, -0.1) is 0 Å². The number of likely N-dealkylation sites (tertiary alicyclic amines) is 1. The first-order valence-corrected chi connectivity index (χ1v) is 5.60. The highest BCUT2D eigenvalue weighted by Gasteiger charge is 2.33. The van der Waals surface area contributed by atoms with Crippen molar-refractivity contribution in [1.29, 1.82) is 0 Å². The second-order valence-corrected chi connectivity index (χ2v) is 3.89. The lowest BCUT2D eigenvalue weighted by Crippen LogP contribution is -2.40. The van der Waals surface area contributed by atoms with E-state index in [1.54, 1.807) is 4.90 Å². The van der Waals surface area contributed by atoms with E-state index < -0.39 is 0 Å². The van der Waals surface area contributed by atoms with Crippen LogP contribution < -0.4 is 0 Å². The number of esters is 1. The van der Waals surface area contributed by atoms with Crippen LogP contribution in [0.4, 0.5) is 0 Å². The second kappa shape index (κ2) is 7.25. The first-order chi connectivity index (χ1) is 7.16. The van der Waals surface area contributed by atoms with E-state index >= 15 is 0 Å². The zero-order valence-corrected chi connectivity index (χ0v) is 9.49. The number of amides is 1. The van der Waals surface area contributed by atoms with Crippen molar-refractivity contribution in [2.24, 2.45) is 0 Å². The molecule has 1 amide bonds. The average Bonchev–Trinajstić information content (AvgIpc) is 2.66. The van der Waals surface area contributed by atoms with Gasteiger partial charge >= 0.3 is 5.97 Å². The van der Waals surface area contributed by atoms with Crippen LogP contribution in [-0.2, 0) is 14.3 Å². The van der Waals surface area contributed by atoms with E-state index in [1.165, 1.54) is 6.92 Å². The van der Waals surface area contributed by atoms with Crippen LogP contribution in [0.2, 0.25) is 0 Å². The summed E-state index contributed by atoms with van der Waals surface area (Å²) in [7, 11) is 0. The molecule has 1 rings (SSSR count). The highest BCUT2D eigenvalue weighted by atomic mass is 16.5. The van der Waals surface area contributed by atoms with Crippen molar-refractivity contribution in [2.45, 2.75) is 53.0 Å². The van der Waals surface area contributed by atoms with Crippen molar-refractivity contribution < 1.29 is 14.3 Å². The fourth-order valence-corrected chi connectivity index (χ4v) is 1.80. The van der Waals surface area contributed by atoms with Gasteiger partial charge in [0.05, 0.1) is 6.61 Å². The predicted molar refractivity (Wildman–Crippen MR) is 63.0 cm³/mol. The third-order valence-corrected chi connectivity index (χ3v) is 2.67. The molecule has 16 heavy (non-hydrogen) atoms. The summed E-state index contributed by atoms with van der Waals surface area (Å²) >= 11 is 0. The number of carbonyl (C=O) groups is 2. The molecule has 1 saturated heterocycles. The highest BCUT2D eigenvalue weighted by Crippen LogP contribution is 2.18. The number of ether oxygens (including phenoxy) is 1. The largest absolute Gasteiger partial charge is 0.464 e. The van der Waals surface area contributed by atoms with Gasteiger partial charge in [-0.05, 0) is 19.3 Å². The second-order valence-electron chi connectivity index (χ2n) is 3.89. The van der Waals surface area contributed by atoms with Crippen molar-refractivity contribution in [3.8, 4) is 0 Å². The lowest BCUT2D eigenvalue weighted by molar-refractivity contribution is -0.153. The van der Waals surface area contributed by atoms with Crippen LogP contribution in [0.1, 0.15) is 47.0 Å². The van der Waals surface area contributed by atoms with Crippen molar-refractivity contribution in [3.05, 3.63) is 0 Å². The Hall–Kier alpha value is -1.06. The summed E-state index contributed by atoms with van der Waals surface area (Å²) in [6, 6.07) is -0.334. The normalized spacial score (nSPS) is 19.1. The molecule has 0 radical (unpaired) electrons. The van der Waals surface area contributed by atoms with Crippen LogP contribution in [0.3, 0.4) is 0 Å². The fourth-order valence-electron chi connectivity index (χ4n) is 1.80. The van der Waals surface area contributed by atoms with E-state index in [2.05, 4.69) is 0 Å². The topological polar surface area (TPSA) is 46.6 Å². The molecule has 94 valence electrons. The Bertz CT molecular complexity index is 240. The molecule has 4 nitrogen and oxygen atoms in total. The Labute approximate surface area is 98.0 Å². The molecule has 1 aliphatic rings. The Morgan fingerprint density at radius 2 is 2.12 bits per heavy atom. The van der Waals surface area contributed by atoms with Gasteiger partial charge in [-0.3, -0.25) is 4.79 Å². The molecule has 1 heterocycles. The smallest absolute Gasteiger partial charge is 0.328 e. The summed E-state index contributed by atoms with van der Waals surface area (Å²) in [5, 5.41) is 0. The summed E-state index contributed by atoms with van der Waals surface area (Å²) in [5.74, 6) is -0.277. The number of hydrogen-bond donors (Lipinski definition) is 0. The monoisotopic (exact) mass is 229 g/mol. The Morgan fingerprint density at radius 3 is 2.69 bits per heavy atom. The van der Waals surface area contributed by atoms with Gasteiger partial charge in [-0.1, -0.05) is 20.8 Å². The van der Waals surface area contributed by atoms with Crippen molar-refractivity contribution in [1.82, 2.24) is 4.90 Å². The minimum Gasteiger partial charge on any atom is -0.464 e. The Balaban J connectivity index is 0.00000225. The Morgan fingerprint density at radius 1 is 1.44 bits per heavy atom. The maximum Gasteiger partial charge on any atom is 0.328 e. The third kappa shape index (κ3) is 3.83. The molecule has 0 saturated carbocycles. The summed E-state index contributed by atoms with van der Waals surface area (Å²) in [6.07, 6.45) is 3.53. The van der Waals surface area contributed by atoms with Crippen LogP contribution in [0.15, 0.2) is 0 Å². The number of rotatable bonds is 4. The molecule has 1 atom stereocenters. The SMILES string of the molecule is C.CCCCOC(=O)[C@@H]1CCCN1C(C)=O. The van der Waals surface area contributed by atoms with Crippen LogP contribution in [0, 0.1) is 0 Å². The van der Waals surface area contributed by atoms with Crippen LogP contribution in [0.25, 0.3) is 0 Å². The number of unbranched alkanes of at least 4 members (excludes halogenated alkanes) is 1. The van der Waals surface area contributed by atoms with Gasteiger partial charge in [-0.2, -0.15) is 0 Å². The average molecular weight is 229 g/mol. The van der Waals surface area contributed by atoms with Gasteiger partial charge in [0.1, 0.15) is 6.04 Å². The molecular weight excluding hydrogens is 206 g/mol. The summed E-state index contributed by atoms with van der Waals surface area (Å²) in [6.45, 7) is 4.70. The summed E-state index contributed by atoms with van der Waals surface area (Å²) in [4.78, 5) is 24.4. The van der Waals surface area contributed by atoms with E-state index in [1.807, 2.05) is 6.92 Å².